The van der Waals surface area contributed by atoms with Crippen LogP contribution in [0.5, 0.6) is 0 Å². The molecule has 7 aromatic heterocycles. The minimum Gasteiger partial charge on any atom is -0.275 e. The molecule has 0 radical (unpaired) electrons. The third-order valence-electron chi connectivity index (χ3n) is 15.8. The lowest BCUT2D eigenvalue weighted by Crippen LogP contribution is -2.13. The molecule has 17 rings (SSSR count). The topological polar surface area (TPSA) is 55.8 Å². The van der Waals surface area contributed by atoms with Gasteiger partial charge in [0.2, 0.25) is 0 Å². The number of rotatable bonds is 4. The first-order chi connectivity index (χ1) is 36.5. The first-order valence-corrected chi connectivity index (χ1v) is 26.5. The fraction of sp³-hybridized carbons (Fsp3) is 0. The Hall–Kier alpha value is -9.27. The lowest BCUT2D eigenvalue weighted by Gasteiger charge is -2.12. The van der Waals surface area contributed by atoms with Crippen LogP contribution in [0.25, 0.3) is 161 Å². The summed E-state index contributed by atoms with van der Waals surface area (Å²) >= 11 is 3.65. The Morgan fingerprint density at radius 2 is 0.703 bits per heavy atom. The summed E-state index contributed by atoms with van der Waals surface area (Å²) in [5, 5.41) is 14.4. The van der Waals surface area contributed by atoms with Crippen LogP contribution in [0, 0.1) is 0 Å². The summed E-state index contributed by atoms with van der Waals surface area (Å²) in [6.45, 7) is 0. The number of hydrogen-bond acceptors (Lipinski definition) is 5. The maximum atomic E-state index is 15.2. The highest BCUT2D eigenvalue weighted by atomic mass is 32.1. The van der Waals surface area contributed by atoms with Gasteiger partial charge >= 0.3 is 0 Å². The van der Waals surface area contributed by atoms with Crippen LogP contribution in [0.3, 0.4) is 0 Å². The van der Waals surface area contributed by atoms with Crippen molar-refractivity contribution in [3.05, 3.63) is 233 Å². The zero-order valence-electron chi connectivity index (χ0n) is 39.2. The van der Waals surface area contributed by atoms with Crippen molar-refractivity contribution in [2.75, 3.05) is 0 Å². The van der Waals surface area contributed by atoms with E-state index in [4.69, 9.17) is 4.98 Å². The molecule has 0 aliphatic carbocycles. The number of fused-ring (bicyclic) bond motifs is 16. The fourth-order valence-corrected chi connectivity index (χ4v) is 14.6. The quantitative estimate of drug-likeness (QED) is 0.165. The van der Waals surface area contributed by atoms with Crippen LogP contribution >= 0.6 is 22.7 Å². The zero-order chi connectivity index (χ0) is 48.5. The van der Waals surface area contributed by atoms with Crippen molar-refractivity contribution in [2.24, 2.45) is 0 Å². The lowest BCUT2D eigenvalue weighted by atomic mass is 9.94. The minimum atomic E-state index is -0.0347. The molecule has 17 aromatic rings. The molecule has 10 aromatic carbocycles. The van der Waals surface area contributed by atoms with E-state index in [1.165, 1.54) is 40.3 Å². The molecular formula is C67H35N3O2S2. The molecule has 0 bridgehead atoms. The molecule has 0 aliphatic heterocycles. The summed E-state index contributed by atoms with van der Waals surface area (Å²) in [4.78, 5) is 34.2. The Labute approximate surface area is 428 Å². The highest BCUT2D eigenvalue weighted by Crippen LogP contribution is 2.44. The predicted molar refractivity (Wildman–Crippen MR) is 314 cm³/mol. The van der Waals surface area contributed by atoms with Gasteiger partial charge in [0, 0.05) is 95.2 Å². The van der Waals surface area contributed by atoms with Gasteiger partial charge in [0.25, 0.3) is 11.1 Å². The van der Waals surface area contributed by atoms with Gasteiger partial charge in [-0.2, -0.15) is 0 Å². The highest BCUT2D eigenvalue weighted by molar-refractivity contribution is 7.26. The molecular weight excluding hydrogens is 943 g/mol. The van der Waals surface area contributed by atoms with E-state index in [2.05, 4.69) is 158 Å². The number of nitrogens with zero attached hydrogens (tertiary/aromatic N) is 3. The SMILES string of the molecule is O=c1c2ccc(-c3ccnc(-c4cc5c6ccccc6c(=O)n6c7ccccc7c(c4)c56)c3)cc2c2cc(-c3ccc4sc5ccccc5c4c3)cc3c4cc(-c5ccc6sc7ccccc7c6c5)ccc4n1c23. The number of aromatic nitrogens is 3. The van der Waals surface area contributed by atoms with E-state index in [9.17, 15) is 4.79 Å². The molecule has 0 spiro atoms. The molecule has 0 saturated carbocycles. The fourth-order valence-electron chi connectivity index (χ4n) is 12.4. The smallest absolute Gasteiger partial charge is 0.263 e. The first-order valence-electron chi connectivity index (χ1n) is 24.8. The average Bonchev–Trinajstić information content (AvgIpc) is 4.27. The van der Waals surface area contributed by atoms with Gasteiger partial charge < -0.3 is 0 Å². The van der Waals surface area contributed by atoms with Crippen molar-refractivity contribution in [1.82, 2.24) is 13.8 Å². The van der Waals surface area contributed by atoms with Gasteiger partial charge in [-0.3, -0.25) is 23.4 Å². The van der Waals surface area contributed by atoms with Crippen LogP contribution in [0.2, 0.25) is 0 Å². The minimum absolute atomic E-state index is 0.0101. The molecule has 0 saturated heterocycles. The third kappa shape index (κ3) is 5.49. The van der Waals surface area contributed by atoms with Crippen LogP contribution in [-0.2, 0) is 0 Å². The van der Waals surface area contributed by atoms with Gasteiger partial charge in [-0.15, -0.1) is 22.7 Å². The molecule has 74 heavy (non-hydrogen) atoms. The van der Waals surface area contributed by atoms with E-state index in [1.54, 1.807) is 0 Å². The molecule has 7 heterocycles. The van der Waals surface area contributed by atoms with Gasteiger partial charge in [0.05, 0.1) is 27.8 Å². The van der Waals surface area contributed by atoms with Crippen LogP contribution < -0.4 is 11.1 Å². The number of thiophene rings is 2. The number of pyridine rings is 3. The maximum absolute atomic E-state index is 15.2. The van der Waals surface area contributed by atoms with E-state index >= 15 is 4.79 Å². The lowest BCUT2D eigenvalue weighted by molar-refractivity contribution is 1.21. The standard InChI is InChI=1S/C67H35N3O2S2/c71-66-47-13-2-1-9-43(47)53-33-42(34-54-44-10-3-6-14-58(44)69(66)64(53)54)57-35-40(25-26-68-57)36-17-21-48-49(27-36)55-31-41(39-20-24-63-52(30-39)46-12-5-8-16-61(46)74-63)32-56-50-28-37(18-22-59(50)70(65(55)56)67(48)72)38-19-23-62-51(29-38)45-11-4-7-15-60(45)73-62/h1-35H. The number of para-hydroxylation sites is 1. The Balaban J connectivity index is 0.889. The second kappa shape index (κ2) is 14.7. The maximum Gasteiger partial charge on any atom is 0.263 e. The van der Waals surface area contributed by atoms with Gasteiger partial charge in [0.15, 0.2) is 0 Å². The third-order valence-corrected chi connectivity index (χ3v) is 18.1. The summed E-state index contributed by atoms with van der Waals surface area (Å²) in [5.74, 6) is 0. The molecule has 0 fully saturated rings. The largest absolute Gasteiger partial charge is 0.275 e. The van der Waals surface area contributed by atoms with Gasteiger partial charge in [-0.25, -0.2) is 0 Å². The Bertz CT molecular complexity index is 5450. The van der Waals surface area contributed by atoms with Crippen molar-refractivity contribution >= 4 is 139 Å². The van der Waals surface area contributed by atoms with E-state index in [1.807, 2.05) is 86.2 Å². The molecule has 5 nitrogen and oxygen atoms in total. The van der Waals surface area contributed by atoms with Crippen LogP contribution in [0.4, 0.5) is 0 Å². The normalized spacial score (nSPS) is 12.4. The average molecular weight is 978 g/mol. The summed E-state index contributed by atoms with van der Waals surface area (Å²) in [6, 6.07) is 73.1. The van der Waals surface area contributed by atoms with Crippen molar-refractivity contribution in [3.63, 3.8) is 0 Å². The van der Waals surface area contributed by atoms with Crippen molar-refractivity contribution in [3.8, 4) is 44.6 Å². The Kier molecular flexibility index (Phi) is 8.00. The summed E-state index contributed by atoms with van der Waals surface area (Å²) in [5.41, 5.74) is 11.8. The van der Waals surface area contributed by atoms with Gasteiger partial charge in [-0.05, 0) is 153 Å². The van der Waals surface area contributed by atoms with Gasteiger partial charge in [0.1, 0.15) is 0 Å². The Morgan fingerprint density at radius 3 is 1.38 bits per heavy atom. The van der Waals surface area contributed by atoms with Crippen LogP contribution in [0.15, 0.2) is 222 Å². The molecule has 7 heteroatoms. The van der Waals surface area contributed by atoms with Gasteiger partial charge in [-0.1, -0.05) is 97.1 Å². The first kappa shape index (κ1) is 40.3. The highest BCUT2D eigenvalue weighted by Gasteiger charge is 2.23. The van der Waals surface area contributed by atoms with Crippen LogP contribution in [0.1, 0.15) is 0 Å². The molecule has 0 unspecified atom stereocenters. The molecule has 0 atom stereocenters. The van der Waals surface area contributed by atoms with E-state index in [-0.39, 0.29) is 11.1 Å². The van der Waals surface area contributed by atoms with E-state index in [0.29, 0.717) is 10.8 Å². The predicted octanol–water partition coefficient (Wildman–Crippen LogP) is 17.5. The number of hydrogen-bond donors (Lipinski definition) is 0. The van der Waals surface area contributed by atoms with Crippen molar-refractivity contribution in [1.29, 1.82) is 0 Å². The molecule has 342 valence electrons. The summed E-state index contributed by atoms with van der Waals surface area (Å²) in [6.07, 6.45) is 1.88. The van der Waals surface area contributed by atoms with E-state index in [0.717, 1.165) is 110 Å². The molecule has 0 aliphatic rings. The molecule has 0 amide bonds. The van der Waals surface area contributed by atoms with Crippen molar-refractivity contribution in [2.45, 2.75) is 0 Å². The van der Waals surface area contributed by atoms with Crippen molar-refractivity contribution < 1.29 is 0 Å². The Morgan fingerprint density at radius 1 is 0.284 bits per heavy atom. The zero-order valence-corrected chi connectivity index (χ0v) is 40.8. The van der Waals surface area contributed by atoms with E-state index < -0.39 is 0 Å². The second-order valence-corrected chi connectivity index (χ2v) is 21.9. The summed E-state index contributed by atoms with van der Waals surface area (Å²) in [7, 11) is 0. The van der Waals surface area contributed by atoms with Crippen LogP contribution in [-0.4, -0.2) is 13.8 Å². The summed E-state index contributed by atoms with van der Waals surface area (Å²) < 4.78 is 8.93. The molecule has 0 N–H and O–H groups in total. The number of benzene rings is 10. The monoisotopic (exact) mass is 977 g/mol. The second-order valence-electron chi connectivity index (χ2n) is 19.7.